The number of nitrogens with two attached hydrogens (primary N) is 4. The predicted molar refractivity (Wildman–Crippen MR) is 242 cm³/mol. The molecule has 59 heavy (non-hydrogen) atoms. The molecule has 0 spiro atoms. The van der Waals surface area contributed by atoms with Gasteiger partial charge in [-0.05, 0) is 127 Å². The van der Waals surface area contributed by atoms with E-state index in [0.29, 0.717) is 35.7 Å². The number of hydrogen-bond donors (Lipinski definition) is 8. The average molecular weight is 964 g/mol. The summed E-state index contributed by atoms with van der Waals surface area (Å²) in [6.45, 7) is 17.9. The van der Waals surface area contributed by atoms with Crippen molar-refractivity contribution in [2.75, 3.05) is 18.6 Å². The summed E-state index contributed by atoms with van der Waals surface area (Å²) in [5.74, 6) is -1.49. The topological polar surface area (TPSA) is 283 Å². The lowest BCUT2D eigenvalue weighted by molar-refractivity contribution is -0.140. The number of carboxylic acid groups (broad SMARTS) is 1. The van der Waals surface area contributed by atoms with Gasteiger partial charge in [0.25, 0.3) is 0 Å². The Labute approximate surface area is 381 Å². The van der Waals surface area contributed by atoms with Gasteiger partial charge in [-0.15, -0.1) is 48.0 Å². The van der Waals surface area contributed by atoms with Crippen LogP contribution in [0.4, 0.5) is 14.4 Å². The maximum absolute atomic E-state index is 11.4. The molecule has 0 aromatic carbocycles. The van der Waals surface area contributed by atoms with Gasteiger partial charge in [-0.3, -0.25) is 4.79 Å². The molecule has 17 nitrogen and oxygen atoms in total. The summed E-state index contributed by atoms with van der Waals surface area (Å²) in [6.07, 6.45) is 6.55. The molecule has 0 aromatic heterocycles. The van der Waals surface area contributed by atoms with E-state index in [1.165, 1.54) is 12.8 Å². The predicted octanol–water partition coefficient (Wildman–Crippen LogP) is 5.81. The van der Waals surface area contributed by atoms with E-state index in [1.807, 2.05) is 20.8 Å². The third-order valence-electron chi connectivity index (χ3n) is 7.93. The van der Waals surface area contributed by atoms with Crippen LogP contribution in [0.1, 0.15) is 127 Å². The van der Waals surface area contributed by atoms with Crippen LogP contribution in [-0.2, 0) is 28.5 Å². The molecule has 0 bridgehead atoms. The van der Waals surface area contributed by atoms with Crippen molar-refractivity contribution in [2.45, 2.75) is 165 Å². The third-order valence-corrected chi connectivity index (χ3v) is 8.73. The molecular formula is C36H67Cl4N7O10S2. The number of carbonyl (C=O) groups is 5. The summed E-state index contributed by atoms with van der Waals surface area (Å²) in [7, 11) is 0. The first-order valence-corrected chi connectivity index (χ1v) is 20.4. The van der Waals surface area contributed by atoms with Gasteiger partial charge in [0.2, 0.25) is 5.91 Å². The molecule has 1 saturated heterocycles. The molecule has 0 radical (unpaired) electrons. The fourth-order valence-electron chi connectivity index (χ4n) is 4.02. The van der Waals surface area contributed by atoms with Crippen molar-refractivity contribution in [3.8, 4) is 0 Å². The van der Waals surface area contributed by atoms with Crippen LogP contribution in [0, 0.1) is 0 Å². The molecule has 4 saturated carbocycles. The summed E-state index contributed by atoms with van der Waals surface area (Å²) in [6, 6.07) is 0. The number of halogens is 4. The van der Waals surface area contributed by atoms with Gasteiger partial charge in [-0.25, -0.2) is 19.2 Å². The fraction of sp³-hybridized carbons (Fsp3) is 0.806. The molecule has 1 aliphatic heterocycles. The van der Waals surface area contributed by atoms with Crippen LogP contribution < -0.4 is 38.9 Å². The second kappa shape index (κ2) is 25.5. The average Bonchev–Trinajstić information content (AvgIpc) is 3.88. The summed E-state index contributed by atoms with van der Waals surface area (Å²) in [4.78, 5) is 56.3. The lowest BCUT2D eigenvalue weighted by atomic mass is 10.2. The van der Waals surface area contributed by atoms with Gasteiger partial charge in [0.1, 0.15) is 27.9 Å². The Morgan fingerprint density at radius 1 is 0.610 bits per heavy atom. The van der Waals surface area contributed by atoms with Gasteiger partial charge in [-0.2, -0.15) is 0 Å². The van der Waals surface area contributed by atoms with Crippen LogP contribution in [0.5, 0.6) is 0 Å². The smallest absolute Gasteiger partial charge is 0.408 e. The number of carbonyl (C=O) groups excluding carboxylic acids is 4. The Morgan fingerprint density at radius 2 is 0.898 bits per heavy atom. The van der Waals surface area contributed by atoms with Crippen LogP contribution in [0.3, 0.4) is 0 Å². The van der Waals surface area contributed by atoms with E-state index < -0.39 is 63.6 Å². The minimum Gasteiger partial charge on any atom is -0.480 e. The molecule has 5 fully saturated rings. The summed E-state index contributed by atoms with van der Waals surface area (Å²) >= 11 is 19.0. The van der Waals surface area contributed by atoms with Crippen LogP contribution in [0.15, 0.2) is 0 Å². The number of hydrogen-bond acceptors (Lipinski definition) is 12. The lowest BCUT2D eigenvalue weighted by Crippen LogP contribution is -2.48. The number of rotatable bonds is 7. The number of nitrogens with one attached hydrogen (secondary N) is 3. The molecule has 5 aliphatic rings. The zero-order valence-corrected chi connectivity index (χ0v) is 40.3. The lowest BCUT2D eigenvalue weighted by Gasteiger charge is -2.22. The van der Waals surface area contributed by atoms with Gasteiger partial charge in [0.15, 0.2) is 0 Å². The Morgan fingerprint density at radius 3 is 1.05 bits per heavy atom. The first-order chi connectivity index (χ1) is 25.8. The molecule has 1 heterocycles. The highest BCUT2D eigenvalue weighted by atomic mass is 35.5. The van der Waals surface area contributed by atoms with Crippen molar-refractivity contribution >= 4 is 113 Å². The van der Waals surface area contributed by atoms with Gasteiger partial charge in [0.05, 0.1) is 26.4 Å². The monoisotopic (exact) mass is 961 g/mol. The van der Waals surface area contributed by atoms with E-state index in [1.54, 1.807) is 41.5 Å². The van der Waals surface area contributed by atoms with Crippen molar-refractivity contribution in [1.82, 2.24) is 16.0 Å². The number of aliphatic carboxylic acids is 1. The zero-order valence-electron chi connectivity index (χ0n) is 35.5. The summed E-state index contributed by atoms with van der Waals surface area (Å²) < 4.78 is 20.0. The third kappa shape index (κ3) is 27.2. The molecule has 346 valence electrons. The van der Waals surface area contributed by atoms with Gasteiger partial charge >= 0.3 is 24.2 Å². The number of ether oxygens (including phenoxy) is 4. The van der Waals surface area contributed by atoms with Crippen LogP contribution in [0.25, 0.3) is 0 Å². The second-order valence-electron chi connectivity index (χ2n) is 17.1. The molecule has 0 atom stereocenters. The molecule has 0 aromatic rings. The minimum absolute atomic E-state index is 0. The van der Waals surface area contributed by atoms with E-state index in [9.17, 15) is 24.0 Å². The van der Waals surface area contributed by atoms with Crippen molar-refractivity contribution < 1.29 is 48.0 Å². The Bertz CT molecular complexity index is 1270. The van der Waals surface area contributed by atoms with Crippen molar-refractivity contribution in [2.24, 2.45) is 22.9 Å². The molecule has 4 aliphatic carbocycles. The normalized spacial score (nSPS) is 18.4. The fourth-order valence-corrected chi connectivity index (χ4v) is 4.48. The Kier molecular flexibility index (Phi) is 26.3. The molecule has 23 heteroatoms. The quantitative estimate of drug-likeness (QED) is 0.0849. The first-order valence-electron chi connectivity index (χ1n) is 18.5. The highest BCUT2D eigenvalue weighted by Gasteiger charge is 2.53. The number of carboxylic acids is 1. The first kappa shape index (κ1) is 60.9. The highest BCUT2D eigenvalue weighted by molar-refractivity contribution is 7.80. The molecule has 5 rings (SSSR count). The standard InChI is InChI=1S/C9H16N2O3.C9H16N2O2S.C9H15NO4.C4H8N2S.C4H8O.CH2Cl2.2ClH/c1-8(2,3)14-7(13)11-9(4-5-9)6(10)12;1-8(2,3)13-7(12)11-9(4-5-9)6(10)14;1-8(2,3)14-7(13)10-9(4-5-9)6(11)12;5-3(7)4(6)1-2-4;1-2-4-5-3-1;2-1-3;;/h4-5H2,1-3H3,(H2,10,12)(H,11,13);4-5H2,1-3H3,(H2,10,14)(H,11,12);4-5H2,1-3H3,(H,10,13)(H,11,12);1-2,6H2,(H2,5,7);1-4H2;1H2;2*1H. The zero-order chi connectivity index (χ0) is 44.7. The van der Waals surface area contributed by atoms with Crippen LogP contribution in [0.2, 0.25) is 0 Å². The molecule has 4 amide bonds. The van der Waals surface area contributed by atoms with Crippen molar-refractivity contribution in [3.63, 3.8) is 0 Å². The number of amides is 4. The maximum atomic E-state index is 11.4. The summed E-state index contributed by atoms with van der Waals surface area (Å²) in [5.41, 5.74) is 17.1. The van der Waals surface area contributed by atoms with Gasteiger partial charge in [-0.1, -0.05) is 24.4 Å². The second-order valence-corrected chi connectivity index (χ2v) is 18.8. The maximum Gasteiger partial charge on any atom is 0.408 e. The van der Waals surface area contributed by atoms with E-state index in [0.717, 1.165) is 38.9 Å². The van der Waals surface area contributed by atoms with Crippen molar-refractivity contribution in [1.29, 1.82) is 0 Å². The highest BCUT2D eigenvalue weighted by Crippen LogP contribution is 2.37. The van der Waals surface area contributed by atoms with E-state index in [4.69, 9.17) is 82.4 Å². The van der Waals surface area contributed by atoms with E-state index in [2.05, 4.69) is 28.2 Å². The number of primary amides is 1. The molecule has 12 N–H and O–H groups in total. The van der Waals surface area contributed by atoms with E-state index in [-0.39, 0.29) is 35.7 Å². The largest absolute Gasteiger partial charge is 0.480 e. The molecule has 0 unspecified atom stereocenters. The van der Waals surface area contributed by atoms with Gasteiger partial charge in [0, 0.05) is 13.2 Å². The SMILES string of the molecule is C1CCOC1.CC(C)(C)OC(=O)NC1(C(=O)O)CC1.CC(C)(C)OC(=O)NC1(C(N)=O)CC1.CC(C)(C)OC(=O)NC1(C(N)=S)CC1.Cl.Cl.ClCCl.NC(=S)C1(N)CC1. The summed E-state index contributed by atoms with van der Waals surface area (Å²) in [5, 5.41) is 16.5. The number of alkyl carbamates (subject to hydrolysis) is 3. The Hall–Kier alpha value is -2.39. The van der Waals surface area contributed by atoms with Crippen molar-refractivity contribution in [3.05, 3.63) is 0 Å². The minimum atomic E-state index is -1.07. The molecular weight excluding hydrogens is 896 g/mol. The van der Waals surface area contributed by atoms with Crippen LogP contribution >= 0.6 is 72.5 Å². The number of thiocarbonyl (C=S) groups is 2. The van der Waals surface area contributed by atoms with E-state index >= 15 is 0 Å². The Balaban J connectivity index is -0.000000670. The number of alkyl halides is 2. The van der Waals surface area contributed by atoms with Gasteiger partial charge < -0.3 is 62.9 Å². The van der Waals surface area contributed by atoms with Crippen LogP contribution in [-0.4, -0.2) is 103 Å².